The number of aromatic carboxylic acids is 1. The van der Waals surface area contributed by atoms with Gasteiger partial charge in [-0.2, -0.15) is 0 Å². The standard InChI is InChI=1S/C7H2BrClO3S/c8-3-1-2-5(12-3)4(9)6(13-2)7(10)11/h1H,(H,10,11). The first-order valence-electron chi connectivity index (χ1n) is 3.20. The van der Waals surface area contributed by atoms with Crippen molar-refractivity contribution in [1.82, 2.24) is 0 Å². The van der Waals surface area contributed by atoms with Crippen LogP contribution >= 0.6 is 38.9 Å². The van der Waals surface area contributed by atoms with E-state index in [1.165, 1.54) is 0 Å². The van der Waals surface area contributed by atoms with E-state index < -0.39 is 5.97 Å². The molecule has 2 aromatic heterocycles. The zero-order valence-corrected chi connectivity index (χ0v) is 9.16. The molecule has 0 atom stereocenters. The zero-order valence-electron chi connectivity index (χ0n) is 6.01. The van der Waals surface area contributed by atoms with Crippen LogP contribution in [0.5, 0.6) is 0 Å². The largest absolute Gasteiger partial charge is 0.477 e. The van der Waals surface area contributed by atoms with Gasteiger partial charge in [-0.1, -0.05) is 11.6 Å². The van der Waals surface area contributed by atoms with E-state index in [9.17, 15) is 4.79 Å². The fourth-order valence-electron chi connectivity index (χ4n) is 0.970. The number of carboxylic acids is 1. The lowest BCUT2D eigenvalue weighted by Crippen LogP contribution is -1.91. The van der Waals surface area contributed by atoms with Crippen LogP contribution < -0.4 is 0 Å². The van der Waals surface area contributed by atoms with Crippen LogP contribution in [0.2, 0.25) is 5.02 Å². The van der Waals surface area contributed by atoms with Gasteiger partial charge in [-0.15, -0.1) is 11.3 Å². The summed E-state index contributed by atoms with van der Waals surface area (Å²) in [5.41, 5.74) is 0.427. The van der Waals surface area contributed by atoms with Crippen LogP contribution in [0.15, 0.2) is 15.2 Å². The molecule has 2 heterocycles. The molecule has 0 bridgehead atoms. The van der Waals surface area contributed by atoms with E-state index in [0.717, 1.165) is 16.0 Å². The molecular weight excluding hydrogens is 279 g/mol. The van der Waals surface area contributed by atoms with Gasteiger partial charge in [-0.05, 0) is 15.9 Å². The maximum atomic E-state index is 10.6. The maximum absolute atomic E-state index is 10.6. The lowest BCUT2D eigenvalue weighted by Gasteiger charge is -1.86. The predicted molar refractivity (Wildman–Crippen MR) is 53.8 cm³/mol. The Hall–Kier alpha value is -0.520. The summed E-state index contributed by atoms with van der Waals surface area (Å²) in [6.45, 7) is 0. The lowest BCUT2D eigenvalue weighted by atomic mass is 10.4. The Labute approximate surface area is 90.0 Å². The van der Waals surface area contributed by atoms with Crippen LogP contribution in [0.4, 0.5) is 0 Å². The van der Waals surface area contributed by atoms with Crippen molar-refractivity contribution < 1.29 is 14.3 Å². The molecule has 2 rings (SSSR count). The molecule has 1 N–H and O–H groups in total. The van der Waals surface area contributed by atoms with Gasteiger partial charge in [0.2, 0.25) is 0 Å². The molecule has 0 fully saturated rings. The second kappa shape index (κ2) is 3.01. The normalized spacial score (nSPS) is 10.9. The summed E-state index contributed by atoms with van der Waals surface area (Å²) in [5.74, 6) is -1.03. The highest BCUT2D eigenvalue weighted by Crippen LogP contribution is 2.38. The summed E-state index contributed by atoms with van der Waals surface area (Å²) in [6, 6.07) is 1.69. The third-order valence-electron chi connectivity index (χ3n) is 1.47. The van der Waals surface area contributed by atoms with E-state index in [4.69, 9.17) is 21.1 Å². The molecule has 6 heteroatoms. The van der Waals surface area contributed by atoms with Gasteiger partial charge >= 0.3 is 5.97 Å². The highest BCUT2D eigenvalue weighted by Gasteiger charge is 2.19. The monoisotopic (exact) mass is 280 g/mol. The Morgan fingerprint density at radius 1 is 1.69 bits per heavy atom. The van der Waals surface area contributed by atoms with Gasteiger partial charge in [0.1, 0.15) is 9.90 Å². The number of thiophene rings is 1. The lowest BCUT2D eigenvalue weighted by molar-refractivity contribution is 0.0702. The first kappa shape index (κ1) is 9.05. The molecule has 2 aromatic rings. The number of carbonyl (C=O) groups is 1. The number of halogens is 2. The highest BCUT2D eigenvalue weighted by atomic mass is 79.9. The van der Waals surface area contributed by atoms with Crippen molar-refractivity contribution >= 4 is 55.1 Å². The summed E-state index contributed by atoms with van der Waals surface area (Å²) in [7, 11) is 0. The third kappa shape index (κ3) is 1.37. The molecule has 13 heavy (non-hydrogen) atoms. The van der Waals surface area contributed by atoms with Crippen molar-refractivity contribution in [2.24, 2.45) is 0 Å². The molecule has 0 aliphatic rings. The minimum Gasteiger partial charge on any atom is -0.477 e. The summed E-state index contributed by atoms with van der Waals surface area (Å²) < 4.78 is 6.44. The summed E-state index contributed by atoms with van der Waals surface area (Å²) in [4.78, 5) is 10.8. The Morgan fingerprint density at radius 3 is 2.92 bits per heavy atom. The van der Waals surface area contributed by atoms with Gasteiger partial charge in [-0.25, -0.2) is 4.79 Å². The van der Waals surface area contributed by atoms with Gasteiger partial charge in [-0.3, -0.25) is 0 Å². The molecule has 68 valence electrons. The quantitative estimate of drug-likeness (QED) is 0.868. The van der Waals surface area contributed by atoms with Crippen molar-refractivity contribution in [1.29, 1.82) is 0 Å². The number of rotatable bonds is 1. The molecule has 0 unspecified atom stereocenters. The number of hydrogen-bond acceptors (Lipinski definition) is 3. The minimum absolute atomic E-state index is 0.114. The maximum Gasteiger partial charge on any atom is 0.347 e. The fraction of sp³-hybridized carbons (Fsp3) is 0. The summed E-state index contributed by atoms with van der Waals surface area (Å²) >= 11 is 10.0. The van der Waals surface area contributed by atoms with Crippen LogP contribution in [0.25, 0.3) is 10.3 Å². The molecule has 3 nitrogen and oxygen atoms in total. The van der Waals surface area contributed by atoms with Crippen LogP contribution in [0.3, 0.4) is 0 Å². The van der Waals surface area contributed by atoms with Crippen molar-refractivity contribution in [2.75, 3.05) is 0 Å². The number of furan rings is 1. The molecular formula is C7H2BrClO3S. The van der Waals surface area contributed by atoms with Crippen molar-refractivity contribution in [2.45, 2.75) is 0 Å². The van der Waals surface area contributed by atoms with Crippen molar-refractivity contribution in [3.63, 3.8) is 0 Å². The summed E-state index contributed by atoms with van der Waals surface area (Å²) in [6.07, 6.45) is 0. The first-order chi connectivity index (χ1) is 6.09. The van der Waals surface area contributed by atoms with Crippen LogP contribution in [-0.4, -0.2) is 11.1 Å². The van der Waals surface area contributed by atoms with Crippen LogP contribution in [0.1, 0.15) is 9.67 Å². The van der Waals surface area contributed by atoms with Gasteiger partial charge < -0.3 is 9.52 Å². The number of fused-ring (bicyclic) bond motifs is 1. The van der Waals surface area contributed by atoms with E-state index >= 15 is 0 Å². The second-order valence-electron chi connectivity index (χ2n) is 2.29. The average Bonchev–Trinajstić information content (AvgIpc) is 2.51. The Bertz CT molecular complexity index is 487. The van der Waals surface area contributed by atoms with Gasteiger partial charge in [0, 0.05) is 6.07 Å². The molecule has 0 radical (unpaired) electrons. The van der Waals surface area contributed by atoms with Crippen molar-refractivity contribution in [3.8, 4) is 0 Å². The van der Waals surface area contributed by atoms with Crippen LogP contribution in [-0.2, 0) is 0 Å². The molecule has 0 amide bonds. The summed E-state index contributed by atoms with van der Waals surface area (Å²) in [5, 5.41) is 8.89. The first-order valence-corrected chi connectivity index (χ1v) is 5.19. The number of hydrogen-bond donors (Lipinski definition) is 1. The molecule has 0 aliphatic heterocycles. The van der Waals surface area contributed by atoms with Crippen molar-refractivity contribution in [3.05, 3.63) is 20.6 Å². The molecule has 0 aromatic carbocycles. The average molecular weight is 282 g/mol. The second-order valence-corrected chi connectivity index (χ2v) is 4.51. The molecule has 0 spiro atoms. The Kier molecular flexibility index (Phi) is 2.09. The van der Waals surface area contributed by atoms with Crippen LogP contribution in [0, 0.1) is 0 Å². The predicted octanol–water partition coefficient (Wildman–Crippen LogP) is 3.61. The third-order valence-corrected chi connectivity index (χ3v) is 3.44. The molecule has 0 aliphatic carbocycles. The Balaban J connectivity index is 2.76. The van der Waals surface area contributed by atoms with Gasteiger partial charge in [0.05, 0.1) is 4.70 Å². The topological polar surface area (TPSA) is 50.4 Å². The van der Waals surface area contributed by atoms with E-state index in [1.807, 2.05) is 0 Å². The molecule has 0 saturated carbocycles. The fourth-order valence-corrected chi connectivity index (χ4v) is 2.80. The van der Waals surface area contributed by atoms with E-state index in [-0.39, 0.29) is 9.90 Å². The number of carboxylic acid groups (broad SMARTS) is 1. The highest BCUT2D eigenvalue weighted by molar-refractivity contribution is 9.10. The van der Waals surface area contributed by atoms with Gasteiger partial charge in [0.15, 0.2) is 10.3 Å². The zero-order chi connectivity index (χ0) is 9.59. The molecule has 0 saturated heterocycles. The smallest absolute Gasteiger partial charge is 0.347 e. The van der Waals surface area contributed by atoms with Gasteiger partial charge in [0.25, 0.3) is 0 Å². The SMILES string of the molecule is O=C(O)c1sc2cc(Br)oc2c1Cl. The van der Waals surface area contributed by atoms with E-state index in [2.05, 4.69) is 15.9 Å². The Morgan fingerprint density at radius 2 is 2.38 bits per heavy atom. The van der Waals surface area contributed by atoms with E-state index in [0.29, 0.717) is 10.3 Å². The minimum atomic E-state index is -1.03. The van der Waals surface area contributed by atoms with E-state index in [1.54, 1.807) is 6.07 Å².